The predicted molar refractivity (Wildman–Crippen MR) is 64.6 cm³/mol. The van der Waals surface area contributed by atoms with Crippen LogP contribution in [0.1, 0.15) is 15.9 Å². The number of rotatable bonds is 3. The first-order valence-electron chi connectivity index (χ1n) is 5.31. The molecule has 5 heteroatoms. The van der Waals surface area contributed by atoms with Crippen molar-refractivity contribution in [1.29, 1.82) is 5.26 Å². The molecule has 0 spiro atoms. The summed E-state index contributed by atoms with van der Waals surface area (Å²) >= 11 is 0. The van der Waals surface area contributed by atoms with E-state index in [2.05, 4.69) is 0 Å². The molecule has 2 aromatic rings. The highest BCUT2D eigenvalue weighted by Gasteiger charge is 2.17. The number of hydrogen-bond acceptors (Lipinski definition) is 3. The molecule has 2 aromatic carbocycles. The molecule has 0 amide bonds. The summed E-state index contributed by atoms with van der Waals surface area (Å²) in [5, 5.41) is 17.7. The Morgan fingerprint density at radius 2 is 2.00 bits per heavy atom. The minimum Gasteiger partial charge on any atom is -0.477 e. The first-order valence-corrected chi connectivity index (χ1v) is 5.31. The van der Waals surface area contributed by atoms with Gasteiger partial charge in [0.05, 0.1) is 11.6 Å². The molecule has 4 nitrogen and oxygen atoms in total. The average Bonchev–Trinajstić information content (AvgIpc) is 2.38. The van der Waals surface area contributed by atoms with Crippen molar-refractivity contribution in [3.63, 3.8) is 0 Å². The van der Waals surface area contributed by atoms with E-state index < -0.39 is 17.3 Å². The van der Waals surface area contributed by atoms with Gasteiger partial charge < -0.3 is 9.84 Å². The summed E-state index contributed by atoms with van der Waals surface area (Å²) in [6, 6.07) is 11.8. The molecule has 0 saturated heterocycles. The van der Waals surface area contributed by atoms with E-state index in [1.165, 1.54) is 18.2 Å². The van der Waals surface area contributed by atoms with E-state index in [0.717, 1.165) is 6.07 Å². The highest BCUT2D eigenvalue weighted by Crippen LogP contribution is 2.27. The zero-order valence-corrected chi connectivity index (χ0v) is 9.63. The van der Waals surface area contributed by atoms with Crippen molar-refractivity contribution in [3.8, 4) is 17.6 Å². The molecule has 0 aliphatic rings. The van der Waals surface area contributed by atoms with Crippen LogP contribution >= 0.6 is 0 Å². The Kier molecular flexibility index (Phi) is 3.44. The maximum atomic E-state index is 13.4. The minimum atomic E-state index is -1.41. The number of nitrogens with zero attached hydrogens (tertiary/aromatic N) is 1. The second-order valence-electron chi connectivity index (χ2n) is 3.66. The van der Waals surface area contributed by atoms with Gasteiger partial charge in [-0.1, -0.05) is 12.1 Å². The third-order valence-electron chi connectivity index (χ3n) is 2.38. The van der Waals surface area contributed by atoms with Crippen molar-refractivity contribution in [1.82, 2.24) is 0 Å². The van der Waals surface area contributed by atoms with Crippen LogP contribution < -0.4 is 4.74 Å². The number of carboxylic acid groups (broad SMARTS) is 1. The molecule has 0 fully saturated rings. The number of benzene rings is 2. The molecule has 0 bridgehead atoms. The largest absolute Gasteiger partial charge is 0.477 e. The van der Waals surface area contributed by atoms with Crippen LogP contribution in [0.15, 0.2) is 42.5 Å². The average molecular weight is 257 g/mol. The fraction of sp³-hybridized carbons (Fsp3) is 0. The maximum Gasteiger partial charge on any atom is 0.342 e. The van der Waals surface area contributed by atoms with E-state index >= 15 is 0 Å². The van der Waals surface area contributed by atoms with Crippen LogP contribution in [-0.2, 0) is 0 Å². The monoisotopic (exact) mass is 257 g/mol. The third kappa shape index (κ3) is 2.69. The first-order chi connectivity index (χ1) is 9.11. The second-order valence-corrected chi connectivity index (χ2v) is 3.66. The molecule has 0 radical (unpaired) electrons. The van der Waals surface area contributed by atoms with E-state index in [1.54, 1.807) is 18.2 Å². The Balaban J connectivity index is 2.41. The van der Waals surface area contributed by atoms with Gasteiger partial charge in [0.2, 0.25) is 0 Å². The van der Waals surface area contributed by atoms with Crippen LogP contribution in [0.4, 0.5) is 4.39 Å². The van der Waals surface area contributed by atoms with Gasteiger partial charge in [-0.05, 0) is 30.3 Å². The molecule has 0 aromatic heterocycles. The standard InChI is InChI=1S/C14H8FNO3/c15-11-5-2-6-12(13(11)14(17)18)19-10-4-1-3-9(7-10)8-16/h1-7H,(H,17,18). The summed E-state index contributed by atoms with van der Waals surface area (Å²) in [7, 11) is 0. The van der Waals surface area contributed by atoms with E-state index in [9.17, 15) is 9.18 Å². The van der Waals surface area contributed by atoms with Crippen molar-refractivity contribution >= 4 is 5.97 Å². The Bertz CT molecular complexity index is 677. The number of carboxylic acids is 1. The molecular formula is C14H8FNO3. The summed E-state index contributed by atoms with van der Waals surface area (Å²) in [6.07, 6.45) is 0. The number of nitriles is 1. The van der Waals surface area contributed by atoms with Gasteiger partial charge in [-0.15, -0.1) is 0 Å². The zero-order valence-electron chi connectivity index (χ0n) is 9.63. The van der Waals surface area contributed by atoms with Gasteiger partial charge in [-0.3, -0.25) is 0 Å². The molecule has 0 heterocycles. The molecular weight excluding hydrogens is 249 g/mol. The van der Waals surface area contributed by atoms with E-state index in [-0.39, 0.29) is 11.5 Å². The maximum absolute atomic E-state index is 13.4. The Morgan fingerprint density at radius 3 is 2.68 bits per heavy atom. The number of ether oxygens (including phenoxy) is 1. The molecule has 0 aliphatic heterocycles. The summed E-state index contributed by atoms with van der Waals surface area (Å²) in [5.41, 5.74) is -0.171. The molecule has 1 N–H and O–H groups in total. The normalized spacial score (nSPS) is 9.68. The number of halogens is 1. The van der Waals surface area contributed by atoms with E-state index in [4.69, 9.17) is 15.1 Å². The molecule has 0 aliphatic carbocycles. The molecule has 2 rings (SSSR count). The zero-order chi connectivity index (χ0) is 13.8. The van der Waals surface area contributed by atoms with Gasteiger partial charge in [0.1, 0.15) is 22.9 Å². The van der Waals surface area contributed by atoms with Crippen LogP contribution in [0.25, 0.3) is 0 Å². The first kappa shape index (κ1) is 12.6. The SMILES string of the molecule is N#Cc1cccc(Oc2cccc(F)c2C(=O)O)c1. The van der Waals surface area contributed by atoms with Crippen molar-refractivity contribution in [2.75, 3.05) is 0 Å². The molecule has 0 unspecified atom stereocenters. The minimum absolute atomic E-state index is 0.109. The lowest BCUT2D eigenvalue weighted by Gasteiger charge is -2.09. The summed E-state index contributed by atoms with van der Waals surface area (Å²) in [6.45, 7) is 0. The molecule has 94 valence electrons. The summed E-state index contributed by atoms with van der Waals surface area (Å²) < 4.78 is 18.8. The highest BCUT2D eigenvalue weighted by molar-refractivity contribution is 5.91. The number of carbonyl (C=O) groups is 1. The van der Waals surface area contributed by atoms with Gasteiger partial charge >= 0.3 is 5.97 Å². The molecule has 0 saturated carbocycles. The lowest BCUT2D eigenvalue weighted by atomic mass is 10.2. The Labute approximate surface area is 108 Å². The van der Waals surface area contributed by atoms with Crippen LogP contribution in [-0.4, -0.2) is 11.1 Å². The van der Waals surface area contributed by atoms with E-state index in [1.807, 2.05) is 6.07 Å². The number of aromatic carboxylic acids is 1. The Hall–Kier alpha value is -2.87. The Morgan fingerprint density at radius 1 is 1.26 bits per heavy atom. The van der Waals surface area contributed by atoms with Gasteiger partial charge in [0.15, 0.2) is 0 Å². The predicted octanol–water partition coefficient (Wildman–Crippen LogP) is 3.19. The highest BCUT2D eigenvalue weighted by atomic mass is 19.1. The van der Waals surface area contributed by atoms with Crippen molar-refractivity contribution in [2.24, 2.45) is 0 Å². The van der Waals surface area contributed by atoms with Crippen LogP contribution in [0.5, 0.6) is 11.5 Å². The fourth-order valence-corrected chi connectivity index (χ4v) is 1.55. The van der Waals surface area contributed by atoms with Crippen molar-refractivity contribution in [3.05, 3.63) is 59.4 Å². The molecule has 0 atom stereocenters. The quantitative estimate of drug-likeness (QED) is 0.916. The lowest BCUT2D eigenvalue weighted by molar-refractivity contribution is 0.0689. The van der Waals surface area contributed by atoms with Gasteiger partial charge in [-0.2, -0.15) is 5.26 Å². The smallest absolute Gasteiger partial charge is 0.342 e. The van der Waals surface area contributed by atoms with Gasteiger partial charge in [0, 0.05) is 0 Å². The van der Waals surface area contributed by atoms with Crippen molar-refractivity contribution < 1.29 is 19.0 Å². The van der Waals surface area contributed by atoms with Crippen LogP contribution in [0.3, 0.4) is 0 Å². The topological polar surface area (TPSA) is 70.3 Å². The summed E-state index contributed by atoms with van der Waals surface area (Å²) in [4.78, 5) is 11.0. The van der Waals surface area contributed by atoms with Gasteiger partial charge in [0.25, 0.3) is 0 Å². The number of hydrogen-bond donors (Lipinski definition) is 1. The van der Waals surface area contributed by atoms with Crippen LogP contribution in [0, 0.1) is 17.1 Å². The van der Waals surface area contributed by atoms with E-state index in [0.29, 0.717) is 5.56 Å². The molecule has 19 heavy (non-hydrogen) atoms. The lowest BCUT2D eigenvalue weighted by Crippen LogP contribution is -2.03. The summed E-state index contributed by atoms with van der Waals surface area (Å²) in [5.74, 6) is -2.12. The second kappa shape index (κ2) is 5.19. The van der Waals surface area contributed by atoms with Gasteiger partial charge in [-0.25, -0.2) is 9.18 Å². The third-order valence-corrected chi connectivity index (χ3v) is 2.38. The van der Waals surface area contributed by atoms with Crippen LogP contribution in [0.2, 0.25) is 0 Å². The van der Waals surface area contributed by atoms with Crippen molar-refractivity contribution in [2.45, 2.75) is 0 Å². The fourth-order valence-electron chi connectivity index (χ4n) is 1.55.